The van der Waals surface area contributed by atoms with E-state index in [9.17, 15) is 4.79 Å². The molecule has 0 aliphatic carbocycles. The van der Waals surface area contributed by atoms with Gasteiger partial charge in [0.2, 0.25) is 5.91 Å². The highest BCUT2D eigenvalue weighted by Gasteiger charge is 2.48. The molecule has 2 heterocycles. The van der Waals surface area contributed by atoms with Gasteiger partial charge in [0, 0.05) is 12.2 Å². The van der Waals surface area contributed by atoms with Crippen LogP contribution in [0.3, 0.4) is 0 Å². The summed E-state index contributed by atoms with van der Waals surface area (Å²) in [6, 6.07) is 17.1. The van der Waals surface area contributed by atoms with Crippen LogP contribution in [0.2, 0.25) is 0 Å². The van der Waals surface area contributed by atoms with Gasteiger partial charge in [-0.25, -0.2) is 0 Å². The summed E-state index contributed by atoms with van der Waals surface area (Å²) in [5.74, 6) is 0.680. The first-order valence-corrected chi connectivity index (χ1v) is 9.31. The number of rotatable bonds is 3. The summed E-state index contributed by atoms with van der Waals surface area (Å²) in [5.41, 5.74) is 4.58. The number of carbonyl (C=O) groups excluding carboxylic acids is 1. The Kier molecular flexibility index (Phi) is 4.12. The van der Waals surface area contributed by atoms with Crippen LogP contribution in [-0.4, -0.2) is 23.9 Å². The third-order valence-electron chi connectivity index (χ3n) is 5.87. The summed E-state index contributed by atoms with van der Waals surface area (Å²) in [6.45, 7) is 7.32. The Morgan fingerprint density at radius 3 is 2.48 bits per heavy atom. The minimum absolute atomic E-state index is 0.197. The second-order valence-electron chi connectivity index (χ2n) is 7.76. The van der Waals surface area contributed by atoms with Crippen LogP contribution in [0.25, 0.3) is 0 Å². The number of amides is 1. The number of nitrogens with one attached hydrogen (secondary N) is 1. The molecule has 0 saturated carbocycles. The van der Waals surface area contributed by atoms with E-state index in [0.29, 0.717) is 5.92 Å². The quantitative estimate of drug-likeness (QED) is 0.908. The normalized spacial score (nSPS) is 19.2. The number of piperidine rings is 1. The minimum atomic E-state index is -0.326. The molecule has 1 amide bonds. The maximum atomic E-state index is 12.8. The number of nitrogens with zero attached hydrogens (tertiary/aromatic N) is 1. The molecule has 2 aromatic carbocycles. The van der Waals surface area contributed by atoms with Crippen molar-refractivity contribution in [1.82, 2.24) is 4.90 Å². The molecule has 0 aromatic heterocycles. The Bertz CT molecular complexity index is 774. The van der Waals surface area contributed by atoms with Crippen molar-refractivity contribution in [2.75, 3.05) is 18.4 Å². The first-order valence-electron chi connectivity index (χ1n) is 9.31. The third-order valence-corrected chi connectivity index (χ3v) is 5.87. The SMILES string of the molecule is CC(C)c1ccc2c(c1)C1(CCN(Cc3ccccc3)CC1)C(=O)N2. The van der Waals surface area contributed by atoms with E-state index in [4.69, 9.17) is 0 Å². The molecule has 0 atom stereocenters. The average Bonchev–Trinajstić information content (AvgIpc) is 2.89. The van der Waals surface area contributed by atoms with E-state index in [1.807, 2.05) is 0 Å². The number of carbonyl (C=O) groups is 1. The van der Waals surface area contributed by atoms with Gasteiger partial charge >= 0.3 is 0 Å². The zero-order valence-electron chi connectivity index (χ0n) is 15.1. The van der Waals surface area contributed by atoms with E-state index in [1.165, 1.54) is 16.7 Å². The minimum Gasteiger partial charge on any atom is -0.325 e. The van der Waals surface area contributed by atoms with E-state index < -0.39 is 0 Å². The lowest BCUT2D eigenvalue weighted by atomic mass is 9.73. The van der Waals surface area contributed by atoms with Gasteiger partial charge in [-0.15, -0.1) is 0 Å². The van der Waals surface area contributed by atoms with Gasteiger partial charge in [0.05, 0.1) is 5.41 Å². The molecule has 0 unspecified atom stereocenters. The molecular formula is C22H26N2O. The fourth-order valence-electron chi connectivity index (χ4n) is 4.22. The topological polar surface area (TPSA) is 32.3 Å². The summed E-state index contributed by atoms with van der Waals surface area (Å²) < 4.78 is 0. The Morgan fingerprint density at radius 1 is 1.08 bits per heavy atom. The fourth-order valence-corrected chi connectivity index (χ4v) is 4.22. The van der Waals surface area contributed by atoms with Gasteiger partial charge < -0.3 is 5.32 Å². The van der Waals surface area contributed by atoms with Crippen LogP contribution >= 0.6 is 0 Å². The van der Waals surface area contributed by atoms with E-state index in [1.54, 1.807) is 0 Å². The molecule has 3 nitrogen and oxygen atoms in total. The highest BCUT2D eigenvalue weighted by Crippen LogP contribution is 2.46. The first kappa shape index (κ1) is 16.3. The van der Waals surface area contributed by atoms with Gasteiger partial charge in [-0.2, -0.15) is 0 Å². The van der Waals surface area contributed by atoms with Gasteiger partial charge in [0.1, 0.15) is 0 Å². The van der Waals surface area contributed by atoms with Crippen LogP contribution in [-0.2, 0) is 16.8 Å². The number of anilines is 1. The van der Waals surface area contributed by atoms with Crippen LogP contribution < -0.4 is 5.32 Å². The zero-order valence-corrected chi connectivity index (χ0v) is 15.1. The predicted octanol–water partition coefficient (Wildman–Crippen LogP) is 4.30. The van der Waals surface area contributed by atoms with Crippen molar-refractivity contribution in [2.45, 2.75) is 44.6 Å². The number of hydrogen-bond acceptors (Lipinski definition) is 2. The fraction of sp³-hybridized carbons (Fsp3) is 0.409. The largest absolute Gasteiger partial charge is 0.325 e. The van der Waals surface area contributed by atoms with E-state index in [-0.39, 0.29) is 11.3 Å². The molecule has 25 heavy (non-hydrogen) atoms. The van der Waals surface area contributed by atoms with Gasteiger partial charge in [0.25, 0.3) is 0 Å². The third kappa shape index (κ3) is 2.87. The molecule has 0 bridgehead atoms. The molecule has 1 fully saturated rings. The summed E-state index contributed by atoms with van der Waals surface area (Å²) in [7, 11) is 0. The average molecular weight is 334 g/mol. The number of fused-ring (bicyclic) bond motifs is 2. The van der Waals surface area contributed by atoms with Crippen molar-refractivity contribution in [3.05, 3.63) is 65.2 Å². The summed E-state index contributed by atoms with van der Waals surface area (Å²) in [5, 5.41) is 3.13. The number of hydrogen-bond donors (Lipinski definition) is 1. The number of benzene rings is 2. The van der Waals surface area contributed by atoms with Crippen LogP contribution in [0, 0.1) is 0 Å². The smallest absolute Gasteiger partial charge is 0.235 e. The van der Waals surface area contributed by atoms with E-state index in [2.05, 4.69) is 72.6 Å². The highest BCUT2D eigenvalue weighted by molar-refractivity contribution is 6.06. The van der Waals surface area contributed by atoms with E-state index >= 15 is 0 Å². The van der Waals surface area contributed by atoms with Crippen molar-refractivity contribution in [3.63, 3.8) is 0 Å². The molecule has 0 radical (unpaired) electrons. The molecule has 1 saturated heterocycles. The highest BCUT2D eigenvalue weighted by atomic mass is 16.2. The summed E-state index contributed by atoms with van der Waals surface area (Å²) in [4.78, 5) is 15.3. The molecule has 3 heteroatoms. The predicted molar refractivity (Wildman–Crippen MR) is 102 cm³/mol. The summed E-state index contributed by atoms with van der Waals surface area (Å²) in [6.07, 6.45) is 1.81. The molecule has 1 spiro atoms. The molecule has 2 aromatic rings. The Balaban J connectivity index is 1.55. The second-order valence-corrected chi connectivity index (χ2v) is 7.76. The lowest BCUT2D eigenvalue weighted by molar-refractivity contribution is -0.122. The van der Waals surface area contributed by atoms with E-state index in [0.717, 1.165) is 38.2 Å². The van der Waals surface area contributed by atoms with Crippen molar-refractivity contribution < 1.29 is 4.79 Å². The van der Waals surface area contributed by atoms with Crippen LogP contribution in [0.15, 0.2) is 48.5 Å². The Labute approximate surface area is 150 Å². The van der Waals surface area contributed by atoms with Crippen molar-refractivity contribution >= 4 is 11.6 Å². The Hall–Kier alpha value is -2.13. The van der Waals surface area contributed by atoms with Crippen molar-refractivity contribution in [3.8, 4) is 0 Å². The van der Waals surface area contributed by atoms with Gasteiger partial charge in [-0.05, 0) is 54.6 Å². The molecule has 1 N–H and O–H groups in total. The second kappa shape index (κ2) is 6.30. The molecule has 2 aliphatic rings. The van der Waals surface area contributed by atoms with Gasteiger partial charge in [-0.1, -0.05) is 56.3 Å². The lowest BCUT2D eigenvalue weighted by Gasteiger charge is -2.38. The maximum Gasteiger partial charge on any atom is 0.235 e. The standard InChI is InChI=1S/C22H26N2O/c1-16(2)18-8-9-20-19(14-18)22(21(25)23-20)10-12-24(13-11-22)15-17-6-4-3-5-7-17/h3-9,14,16H,10-13,15H2,1-2H3,(H,23,25). The van der Waals surface area contributed by atoms with Gasteiger partial charge in [-0.3, -0.25) is 9.69 Å². The Morgan fingerprint density at radius 2 is 1.80 bits per heavy atom. The molecular weight excluding hydrogens is 308 g/mol. The molecule has 2 aliphatic heterocycles. The van der Waals surface area contributed by atoms with Crippen LogP contribution in [0.4, 0.5) is 5.69 Å². The lowest BCUT2D eigenvalue weighted by Crippen LogP contribution is -2.46. The monoisotopic (exact) mass is 334 g/mol. The number of likely N-dealkylation sites (tertiary alicyclic amines) is 1. The first-order chi connectivity index (χ1) is 12.1. The van der Waals surface area contributed by atoms with Gasteiger partial charge in [0.15, 0.2) is 0 Å². The molecule has 4 rings (SSSR count). The molecule has 130 valence electrons. The van der Waals surface area contributed by atoms with Crippen molar-refractivity contribution in [2.24, 2.45) is 0 Å². The zero-order chi connectivity index (χ0) is 17.4. The van der Waals surface area contributed by atoms with Crippen LogP contribution in [0.1, 0.15) is 49.3 Å². The maximum absolute atomic E-state index is 12.8. The van der Waals surface area contributed by atoms with Crippen molar-refractivity contribution in [1.29, 1.82) is 0 Å². The van der Waals surface area contributed by atoms with Crippen LogP contribution in [0.5, 0.6) is 0 Å². The summed E-state index contributed by atoms with van der Waals surface area (Å²) >= 11 is 0.